The number of rotatable bonds is 5. The van der Waals surface area contributed by atoms with E-state index in [2.05, 4.69) is 36.5 Å². The van der Waals surface area contributed by atoms with Gasteiger partial charge in [0.05, 0.1) is 31.0 Å². The molecule has 0 bridgehead atoms. The van der Waals surface area contributed by atoms with E-state index in [1.165, 1.54) is 4.88 Å². The number of aromatic nitrogens is 2. The number of ether oxygens (including phenoxy) is 1. The van der Waals surface area contributed by atoms with Crippen LogP contribution in [0, 0.1) is 0 Å². The van der Waals surface area contributed by atoms with Gasteiger partial charge in [-0.1, -0.05) is 6.07 Å². The van der Waals surface area contributed by atoms with Crippen molar-refractivity contribution in [1.82, 2.24) is 19.0 Å². The van der Waals surface area contributed by atoms with Crippen molar-refractivity contribution in [1.29, 1.82) is 0 Å². The zero-order valence-electron chi connectivity index (χ0n) is 13.6. The summed E-state index contributed by atoms with van der Waals surface area (Å²) in [6.07, 6.45) is 0. The van der Waals surface area contributed by atoms with Gasteiger partial charge in [-0.2, -0.15) is 8.75 Å². The number of carbonyl (C=O) groups is 1. The molecule has 130 valence electrons. The van der Waals surface area contributed by atoms with Gasteiger partial charge in [0, 0.05) is 30.1 Å². The Bertz CT molecular complexity index is 843. The number of benzene rings is 1. The average Bonchev–Trinajstić information content (AvgIpc) is 3.34. The molecule has 1 saturated heterocycles. The van der Waals surface area contributed by atoms with E-state index in [0.29, 0.717) is 12.1 Å². The highest BCUT2D eigenvalue weighted by atomic mass is 32.1. The van der Waals surface area contributed by atoms with E-state index >= 15 is 0 Å². The number of hydrogen-bond donors (Lipinski definition) is 1. The number of amides is 1. The summed E-state index contributed by atoms with van der Waals surface area (Å²) >= 11 is 2.88. The Morgan fingerprint density at radius 3 is 2.88 bits per heavy atom. The van der Waals surface area contributed by atoms with Gasteiger partial charge >= 0.3 is 0 Å². The lowest BCUT2D eigenvalue weighted by molar-refractivity contribution is 0.0169. The van der Waals surface area contributed by atoms with Gasteiger partial charge < -0.3 is 10.1 Å². The molecule has 3 heterocycles. The number of nitrogens with one attached hydrogen (secondary N) is 1. The van der Waals surface area contributed by atoms with Crippen LogP contribution in [0.3, 0.4) is 0 Å². The SMILES string of the molecule is O=C(NCC(c1cccs1)N1CCOCC1)c1ccc2nsnc2c1. The number of carbonyl (C=O) groups excluding carboxylic acids is 1. The molecule has 2 aromatic heterocycles. The van der Waals surface area contributed by atoms with Gasteiger partial charge in [0.2, 0.25) is 0 Å². The maximum Gasteiger partial charge on any atom is 0.251 e. The molecule has 1 atom stereocenters. The van der Waals surface area contributed by atoms with Crippen molar-refractivity contribution in [3.8, 4) is 0 Å². The molecule has 1 aliphatic heterocycles. The van der Waals surface area contributed by atoms with Crippen molar-refractivity contribution in [2.24, 2.45) is 0 Å². The average molecular weight is 374 g/mol. The number of nitrogens with zero attached hydrogens (tertiary/aromatic N) is 3. The predicted molar refractivity (Wildman–Crippen MR) is 99.2 cm³/mol. The van der Waals surface area contributed by atoms with Crippen LogP contribution in [-0.4, -0.2) is 52.4 Å². The smallest absolute Gasteiger partial charge is 0.251 e. The maximum atomic E-state index is 12.6. The Morgan fingerprint density at radius 2 is 2.08 bits per heavy atom. The molecule has 25 heavy (non-hydrogen) atoms. The van der Waals surface area contributed by atoms with Crippen LogP contribution in [0.25, 0.3) is 11.0 Å². The first-order valence-corrected chi connectivity index (χ1v) is 9.78. The zero-order valence-corrected chi connectivity index (χ0v) is 15.2. The van der Waals surface area contributed by atoms with Gasteiger partial charge in [0.1, 0.15) is 11.0 Å². The number of hydrogen-bond acceptors (Lipinski definition) is 7. The van der Waals surface area contributed by atoms with Crippen LogP contribution in [0.5, 0.6) is 0 Å². The van der Waals surface area contributed by atoms with E-state index < -0.39 is 0 Å². The lowest BCUT2D eigenvalue weighted by Crippen LogP contribution is -2.43. The summed E-state index contributed by atoms with van der Waals surface area (Å²) in [4.78, 5) is 16.2. The van der Waals surface area contributed by atoms with Gasteiger partial charge in [-0.15, -0.1) is 11.3 Å². The Hall–Kier alpha value is -1.87. The second-order valence-corrected chi connectivity index (χ2v) is 7.37. The molecule has 0 saturated carbocycles. The van der Waals surface area contributed by atoms with Crippen LogP contribution < -0.4 is 5.32 Å². The fraction of sp³-hybridized carbons (Fsp3) is 0.353. The first-order valence-electron chi connectivity index (χ1n) is 8.17. The Kier molecular flexibility index (Phi) is 5.02. The van der Waals surface area contributed by atoms with E-state index in [1.54, 1.807) is 23.5 Å². The summed E-state index contributed by atoms with van der Waals surface area (Å²) in [5, 5.41) is 5.16. The topological polar surface area (TPSA) is 67.4 Å². The maximum absolute atomic E-state index is 12.6. The van der Waals surface area contributed by atoms with Crippen molar-refractivity contribution in [2.75, 3.05) is 32.8 Å². The second-order valence-electron chi connectivity index (χ2n) is 5.86. The summed E-state index contributed by atoms with van der Waals surface area (Å²) in [6.45, 7) is 3.82. The van der Waals surface area contributed by atoms with Crippen LogP contribution >= 0.6 is 23.1 Å². The lowest BCUT2D eigenvalue weighted by atomic mass is 10.1. The minimum absolute atomic E-state index is 0.0790. The minimum atomic E-state index is -0.0790. The van der Waals surface area contributed by atoms with Gasteiger partial charge in [-0.25, -0.2) is 0 Å². The Labute approximate surface area is 153 Å². The van der Waals surface area contributed by atoms with Gasteiger partial charge in [0.15, 0.2) is 0 Å². The molecule has 1 N–H and O–H groups in total. The van der Waals surface area contributed by atoms with Crippen molar-refractivity contribution >= 4 is 40.0 Å². The van der Waals surface area contributed by atoms with Crippen molar-refractivity contribution in [2.45, 2.75) is 6.04 Å². The van der Waals surface area contributed by atoms with Gasteiger partial charge in [-0.05, 0) is 29.6 Å². The minimum Gasteiger partial charge on any atom is -0.379 e. The van der Waals surface area contributed by atoms with Crippen LogP contribution in [0.4, 0.5) is 0 Å². The number of fused-ring (bicyclic) bond motifs is 1. The van der Waals surface area contributed by atoms with Gasteiger partial charge in [0.25, 0.3) is 5.91 Å². The van der Waals surface area contributed by atoms with Crippen molar-refractivity contribution in [3.63, 3.8) is 0 Å². The van der Waals surface area contributed by atoms with E-state index in [4.69, 9.17) is 4.74 Å². The highest BCUT2D eigenvalue weighted by Gasteiger charge is 2.24. The molecule has 0 aliphatic carbocycles. The highest BCUT2D eigenvalue weighted by Crippen LogP contribution is 2.25. The molecule has 3 aromatic rings. The van der Waals surface area contributed by atoms with E-state index in [9.17, 15) is 4.79 Å². The highest BCUT2D eigenvalue weighted by molar-refractivity contribution is 7.10. The second kappa shape index (κ2) is 7.57. The predicted octanol–water partition coefficient (Wildman–Crippen LogP) is 2.56. The van der Waals surface area contributed by atoms with Crippen molar-refractivity contribution < 1.29 is 9.53 Å². The summed E-state index contributed by atoms with van der Waals surface area (Å²) in [5.74, 6) is -0.0790. The van der Waals surface area contributed by atoms with E-state index in [1.807, 2.05) is 6.07 Å². The quantitative estimate of drug-likeness (QED) is 0.743. The Morgan fingerprint density at radius 1 is 1.24 bits per heavy atom. The Balaban J connectivity index is 1.47. The van der Waals surface area contributed by atoms with Crippen LogP contribution in [-0.2, 0) is 4.74 Å². The first-order chi connectivity index (χ1) is 12.3. The van der Waals surface area contributed by atoms with Crippen LogP contribution in [0.1, 0.15) is 21.3 Å². The molecular formula is C17H18N4O2S2. The summed E-state index contributed by atoms with van der Waals surface area (Å²) in [5.41, 5.74) is 2.21. The fourth-order valence-electron chi connectivity index (χ4n) is 2.99. The normalized spacial score (nSPS) is 16.8. The van der Waals surface area contributed by atoms with Crippen LogP contribution in [0.2, 0.25) is 0 Å². The molecular weight excluding hydrogens is 356 g/mol. The molecule has 1 fully saturated rings. The third-order valence-corrected chi connectivity index (χ3v) is 5.86. The van der Waals surface area contributed by atoms with Gasteiger partial charge in [-0.3, -0.25) is 9.69 Å². The largest absolute Gasteiger partial charge is 0.379 e. The number of morpholine rings is 1. The summed E-state index contributed by atoms with van der Waals surface area (Å²) in [6, 6.07) is 9.80. The molecule has 6 nitrogen and oxygen atoms in total. The fourth-order valence-corrected chi connectivity index (χ4v) is 4.37. The molecule has 0 spiro atoms. The molecule has 0 radical (unpaired) electrons. The molecule has 4 rings (SSSR count). The number of thiophene rings is 1. The summed E-state index contributed by atoms with van der Waals surface area (Å²) in [7, 11) is 0. The van der Waals surface area contributed by atoms with E-state index in [0.717, 1.165) is 49.1 Å². The first kappa shape index (κ1) is 16.6. The lowest BCUT2D eigenvalue weighted by Gasteiger charge is -2.34. The van der Waals surface area contributed by atoms with Crippen LogP contribution in [0.15, 0.2) is 35.7 Å². The third-order valence-electron chi connectivity index (χ3n) is 4.33. The molecule has 8 heteroatoms. The monoisotopic (exact) mass is 374 g/mol. The molecule has 1 aromatic carbocycles. The van der Waals surface area contributed by atoms with E-state index in [-0.39, 0.29) is 11.9 Å². The summed E-state index contributed by atoms with van der Waals surface area (Å²) < 4.78 is 13.8. The zero-order chi connectivity index (χ0) is 17.1. The molecule has 1 aliphatic rings. The standard InChI is InChI=1S/C17H18N4O2S2/c22-17(12-3-4-13-14(10-12)20-25-19-13)18-11-15(16-2-1-9-24-16)21-5-7-23-8-6-21/h1-4,9-10,15H,5-8,11H2,(H,18,22). The third kappa shape index (κ3) is 3.72. The molecule has 1 amide bonds. The van der Waals surface area contributed by atoms with Crippen molar-refractivity contribution in [3.05, 3.63) is 46.2 Å². The molecule has 1 unspecified atom stereocenters.